The van der Waals surface area contributed by atoms with Gasteiger partial charge in [-0.1, -0.05) is 6.07 Å². The Hall–Kier alpha value is -2.08. The van der Waals surface area contributed by atoms with Crippen LogP contribution in [0.3, 0.4) is 0 Å². The normalized spacial score (nSPS) is 14.4. The van der Waals surface area contributed by atoms with Crippen molar-refractivity contribution < 1.29 is 14.3 Å². The fourth-order valence-corrected chi connectivity index (χ4v) is 2.64. The number of piperazine rings is 1. The average molecular weight is 319 g/mol. The maximum atomic E-state index is 12.6. The van der Waals surface area contributed by atoms with Crippen molar-refractivity contribution in [3.8, 4) is 5.75 Å². The van der Waals surface area contributed by atoms with Gasteiger partial charge in [0.15, 0.2) is 0 Å². The van der Waals surface area contributed by atoms with Gasteiger partial charge in [0.05, 0.1) is 7.11 Å². The van der Waals surface area contributed by atoms with Crippen molar-refractivity contribution in [2.24, 2.45) is 0 Å². The molecule has 1 aliphatic heterocycles. The maximum Gasteiger partial charge on any atom is 0.253 e. The molecule has 0 atom stereocenters. The number of amides is 2. The van der Waals surface area contributed by atoms with Crippen molar-refractivity contribution in [2.45, 2.75) is 13.3 Å². The fraction of sp³-hybridized carbons (Fsp3) is 0.529. The summed E-state index contributed by atoms with van der Waals surface area (Å²) in [5.74, 6) is 0.701. The van der Waals surface area contributed by atoms with Gasteiger partial charge in [-0.05, 0) is 25.1 Å². The molecule has 1 aromatic rings. The summed E-state index contributed by atoms with van der Waals surface area (Å²) in [4.78, 5) is 28.4. The smallest absolute Gasteiger partial charge is 0.253 e. The third-order valence-electron chi connectivity index (χ3n) is 4.05. The first-order chi connectivity index (χ1) is 11.2. The lowest BCUT2D eigenvalue weighted by Crippen LogP contribution is -2.47. The predicted molar refractivity (Wildman–Crippen MR) is 88.6 cm³/mol. The molecule has 126 valence electrons. The highest BCUT2D eigenvalue weighted by Crippen LogP contribution is 2.14. The topological polar surface area (TPSA) is 61.9 Å². The minimum Gasteiger partial charge on any atom is -0.497 e. The zero-order valence-corrected chi connectivity index (χ0v) is 13.9. The SMILES string of the molecule is CCN(CCC(=O)N1CCNCC1)C(=O)c1cccc(OC)c1. The van der Waals surface area contributed by atoms with Gasteiger partial charge in [0.2, 0.25) is 5.91 Å². The van der Waals surface area contributed by atoms with Gasteiger partial charge in [-0.3, -0.25) is 9.59 Å². The Bertz CT molecular complexity index is 542. The molecule has 2 amide bonds. The summed E-state index contributed by atoms with van der Waals surface area (Å²) in [6.45, 7) is 6.11. The van der Waals surface area contributed by atoms with E-state index in [1.807, 2.05) is 11.8 Å². The van der Waals surface area contributed by atoms with Crippen LogP contribution in [0.25, 0.3) is 0 Å². The Morgan fingerprint density at radius 1 is 1.30 bits per heavy atom. The predicted octanol–water partition coefficient (Wildman–Crippen LogP) is 0.979. The second-order valence-corrected chi connectivity index (χ2v) is 5.50. The van der Waals surface area contributed by atoms with E-state index in [1.54, 1.807) is 36.3 Å². The van der Waals surface area contributed by atoms with Crippen LogP contribution in [0.1, 0.15) is 23.7 Å². The van der Waals surface area contributed by atoms with Crippen LogP contribution >= 0.6 is 0 Å². The van der Waals surface area contributed by atoms with Crippen molar-refractivity contribution >= 4 is 11.8 Å². The molecule has 1 saturated heterocycles. The van der Waals surface area contributed by atoms with Crippen molar-refractivity contribution in [1.82, 2.24) is 15.1 Å². The molecule has 6 nitrogen and oxygen atoms in total. The summed E-state index contributed by atoms with van der Waals surface area (Å²) in [7, 11) is 1.58. The van der Waals surface area contributed by atoms with Crippen LogP contribution in [-0.2, 0) is 4.79 Å². The number of carbonyl (C=O) groups is 2. The van der Waals surface area contributed by atoms with Gasteiger partial charge in [0, 0.05) is 51.3 Å². The van der Waals surface area contributed by atoms with E-state index in [2.05, 4.69) is 5.32 Å². The molecule has 0 aliphatic carbocycles. The first kappa shape index (κ1) is 17.3. The fourth-order valence-electron chi connectivity index (χ4n) is 2.64. The molecular weight excluding hydrogens is 294 g/mol. The minimum absolute atomic E-state index is 0.0699. The molecule has 1 heterocycles. The van der Waals surface area contributed by atoms with Gasteiger partial charge >= 0.3 is 0 Å². The third-order valence-corrected chi connectivity index (χ3v) is 4.05. The van der Waals surface area contributed by atoms with E-state index in [4.69, 9.17) is 4.74 Å². The lowest BCUT2D eigenvalue weighted by molar-refractivity contribution is -0.131. The molecule has 2 rings (SSSR count). The zero-order chi connectivity index (χ0) is 16.7. The Labute approximate surface area is 137 Å². The Morgan fingerprint density at radius 2 is 2.04 bits per heavy atom. The first-order valence-corrected chi connectivity index (χ1v) is 8.07. The van der Waals surface area contributed by atoms with Gasteiger partial charge < -0.3 is 19.9 Å². The first-order valence-electron chi connectivity index (χ1n) is 8.07. The quantitative estimate of drug-likeness (QED) is 0.849. The largest absolute Gasteiger partial charge is 0.497 e. The molecule has 6 heteroatoms. The molecule has 0 radical (unpaired) electrons. The molecule has 0 unspecified atom stereocenters. The highest BCUT2D eigenvalue weighted by molar-refractivity contribution is 5.94. The Morgan fingerprint density at radius 3 is 2.70 bits per heavy atom. The van der Waals surface area contributed by atoms with Crippen LogP contribution < -0.4 is 10.1 Å². The lowest BCUT2D eigenvalue weighted by atomic mass is 10.1. The number of hydrogen-bond acceptors (Lipinski definition) is 4. The number of nitrogens with zero attached hydrogens (tertiary/aromatic N) is 2. The summed E-state index contributed by atoms with van der Waals surface area (Å²) >= 11 is 0. The number of methoxy groups -OCH3 is 1. The molecule has 1 N–H and O–H groups in total. The lowest BCUT2D eigenvalue weighted by Gasteiger charge is -2.28. The maximum absolute atomic E-state index is 12.6. The highest BCUT2D eigenvalue weighted by Gasteiger charge is 2.19. The third kappa shape index (κ3) is 4.69. The van der Waals surface area contributed by atoms with Crippen LogP contribution in [0.4, 0.5) is 0 Å². The second-order valence-electron chi connectivity index (χ2n) is 5.50. The number of benzene rings is 1. The van der Waals surface area contributed by atoms with Gasteiger partial charge in [-0.15, -0.1) is 0 Å². The van der Waals surface area contributed by atoms with E-state index in [0.717, 1.165) is 26.2 Å². The van der Waals surface area contributed by atoms with Crippen LogP contribution in [0.2, 0.25) is 0 Å². The Kier molecular flexibility index (Phi) is 6.40. The van der Waals surface area contributed by atoms with Crippen molar-refractivity contribution in [1.29, 1.82) is 0 Å². The summed E-state index contributed by atoms with van der Waals surface area (Å²) in [6.07, 6.45) is 0.365. The van der Waals surface area contributed by atoms with Gasteiger partial charge in [-0.25, -0.2) is 0 Å². The highest BCUT2D eigenvalue weighted by atomic mass is 16.5. The van der Waals surface area contributed by atoms with E-state index >= 15 is 0 Å². The van der Waals surface area contributed by atoms with Gasteiger partial charge in [0.1, 0.15) is 5.75 Å². The van der Waals surface area contributed by atoms with E-state index in [9.17, 15) is 9.59 Å². The number of carbonyl (C=O) groups excluding carboxylic acids is 2. The number of rotatable bonds is 6. The van der Waals surface area contributed by atoms with Gasteiger partial charge in [-0.2, -0.15) is 0 Å². The van der Waals surface area contributed by atoms with Crippen molar-refractivity contribution in [3.05, 3.63) is 29.8 Å². The van der Waals surface area contributed by atoms with E-state index in [-0.39, 0.29) is 11.8 Å². The van der Waals surface area contributed by atoms with Crippen LogP contribution in [0.15, 0.2) is 24.3 Å². The van der Waals surface area contributed by atoms with E-state index in [0.29, 0.717) is 30.8 Å². The van der Waals surface area contributed by atoms with Gasteiger partial charge in [0.25, 0.3) is 5.91 Å². The monoisotopic (exact) mass is 319 g/mol. The molecule has 1 aromatic carbocycles. The summed E-state index contributed by atoms with van der Waals surface area (Å²) in [5, 5.41) is 3.23. The number of nitrogens with one attached hydrogen (secondary N) is 1. The number of hydrogen-bond donors (Lipinski definition) is 1. The standard InChI is InChI=1S/C17H25N3O3/c1-3-19(10-7-16(21)20-11-8-18-9-12-20)17(22)14-5-4-6-15(13-14)23-2/h4-6,13,18H,3,7-12H2,1-2H3. The second kappa shape index (κ2) is 8.53. The molecule has 0 aromatic heterocycles. The Balaban J connectivity index is 1.93. The number of ether oxygens (including phenoxy) is 1. The molecule has 0 saturated carbocycles. The summed E-state index contributed by atoms with van der Waals surface area (Å²) in [6, 6.07) is 7.10. The molecule has 0 spiro atoms. The van der Waals surface area contributed by atoms with Crippen molar-refractivity contribution in [3.63, 3.8) is 0 Å². The molecule has 1 aliphatic rings. The molecule has 1 fully saturated rings. The molecular formula is C17H25N3O3. The van der Waals surface area contributed by atoms with Crippen LogP contribution in [0, 0.1) is 0 Å². The minimum atomic E-state index is -0.0699. The average Bonchev–Trinajstić information content (AvgIpc) is 2.62. The van der Waals surface area contributed by atoms with Crippen LogP contribution in [0.5, 0.6) is 5.75 Å². The van der Waals surface area contributed by atoms with Crippen LogP contribution in [-0.4, -0.2) is 68.0 Å². The van der Waals surface area contributed by atoms with E-state index < -0.39 is 0 Å². The molecule has 23 heavy (non-hydrogen) atoms. The summed E-state index contributed by atoms with van der Waals surface area (Å²) in [5.41, 5.74) is 0.584. The summed E-state index contributed by atoms with van der Waals surface area (Å²) < 4.78 is 5.16. The van der Waals surface area contributed by atoms with Crippen molar-refractivity contribution in [2.75, 3.05) is 46.4 Å². The molecule has 0 bridgehead atoms. The zero-order valence-electron chi connectivity index (χ0n) is 13.9. The van der Waals surface area contributed by atoms with E-state index in [1.165, 1.54) is 0 Å².